The minimum atomic E-state index is -0.302. The van der Waals surface area contributed by atoms with E-state index in [1.165, 1.54) is 11.0 Å². The van der Waals surface area contributed by atoms with Gasteiger partial charge in [-0.15, -0.1) is 0 Å². The Morgan fingerprint density at radius 3 is 2.89 bits per heavy atom. The third-order valence-corrected chi connectivity index (χ3v) is 3.19. The number of likely N-dealkylation sites (N-methyl/N-ethyl adjacent to an activating group) is 1. The van der Waals surface area contributed by atoms with Crippen LogP contribution in [0, 0.1) is 17.1 Å². The molecule has 0 aliphatic carbocycles. The number of hydrogen-bond donors (Lipinski definition) is 0. The molecule has 1 aromatic rings. The highest BCUT2D eigenvalue weighted by atomic mass is 19.1. The summed E-state index contributed by atoms with van der Waals surface area (Å²) in [5.74, 6) is -0.302. The fraction of sp³-hybridized carbons (Fsp3) is 0.385. The largest absolute Gasteiger partial charge is 0.321 e. The molecule has 1 aliphatic rings. The number of urea groups is 1. The quantitative estimate of drug-likeness (QED) is 0.821. The molecule has 1 aliphatic heterocycles. The summed E-state index contributed by atoms with van der Waals surface area (Å²) in [4.78, 5) is 15.0. The Hall–Kier alpha value is -2.09. The Kier molecular flexibility index (Phi) is 3.47. The lowest BCUT2D eigenvalue weighted by Crippen LogP contribution is -2.30. The van der Waals surface area contributed by atoms with E-state index < -0.39 is 0 Å². The van der Waals surface area contributed by atoms with Gasteiger partial charge in [0, 0.05) is 25.7 Å². The smallest absolute Gasteiger partial charge is 0.320 e. The van der Waals surface area contributed by atoms with Crippen LogP contribution in [0.2, 0.25) is 0 Å². The molecular weight excluding hydrogens is 233 g/mol. The van der Waals surface area contributed by atoms with Gasteiger partial charge in [-0.1, -0.05) is 18.2 Å². The highest BCUT2D eigenvalue weighted by Gasteiger charge is 2.36. The summed E-state index contributed by atoms with van der Waals surface area (Å²) < 4.78 is 13.7. The van der Waals surface area contributed by atoms with Crippen molar-refractivity contribution >= 4 is 6.03 Å². The standard InChI is InChI=1S/C13H14FN3O/c1-16-12(10-5-2-3-6-11(10)14)9-17(13(16)18)8-4-7-15/h2-3,5-6,12H,4,8-9H2,1H3. The van der Waals surface area contributed by atoms with E-state index in [2.05, 4.69) is 0 Å². The van der Waals surface area contributed by atoms with Gasteiger partial charge in [0.25, 0.3) is 0 Å². The SMILES string of the molecule is CN1C(=O)N(CCC#N)CC1c1ccccc1F. The molecule has 1 atom stereocenters. The molecule has 1 fully saturated rings. The monoisotopic (exact) mass is 247 g/mol. The van der Waals surface area contributed by atoms with Gasteiger partial charge in [-0.25, -0.2) is 9.18 Å². The Morgan fingerprint density at radius 2 is 2.22 bits per heavy atom. The fourth-order valence-corrected chi connectivity index (χ4v) is 2.19. The van der Waals surface area contributed by atoms with Crippen molar-refractivity contribution in [2.45, 2.75) is 12.5 Å². The number of rotatable bonds is 3. The zero-order valence-electron chi connectivity index (χ0n) is 10.1. The van der Waals surface area contributed by atoms with Crippen molar-refractivity contribution in [1.29, 1.82) is 5.26 Å². The zero-order chi connectivity index (χ0) is 13.1. The number of nitrogens with zero attached hydrogens (tertiary/aromatic N) is 3. The minimum absolute atomic E-state index is 0.154. The van der Waals surface area contributed by atoms with Gasteiger partial charge < -0.3 is 9.80 Å². The lowest BCUT2D eigenvalue weighted by molar-refractivity contribution is 0.196. The third kappa shape index (κ3) is 2.14. The first-order valence-corrected chi connectivity index (χ1v) is 5.78. The maximum absolute atomic E-state index is 13.7. The van der Waals surface area contributed by atoms with Crippen molar-refractivity contribution < 1.29 is 9.18 Å². The second kappa shape index (κ2) is 5.05. The lowest BCUT2D eigenvalue weighted by Gasteiger charge is -2.18. The molecule has 5 heteroatoms. The van der Waals surface area contributed by atoms with Gasteiger partial charge in [0.05, 0.1) is 18.5 Å². The predicted molar refractivity (Wildman–Crippen MR) is 64.1 cm³/mol. The van der Waals surface area contributed by atoms with Crippen molar-refractivity contribution in [3.63, 3.8) is 0 Å². The van der Waals surface area contributed by atoms with E-state index in [9.17, 15) is 9.18 Å². The first-order valence-electron chi connectivity index (χ1n) is 5.78. The summed E-state index contributed by atoms with van der Waals surface area (Å²) in [6.45, 7) is 0.822. The predicted octanol–water partition coefficient (Wildman–Crippen LogP) is 2.15. The van der Waals surface area contributed by atoms with Gasteiger partial charge >= 0.3 is 6.03 Å². The highest BCUT2D eigenvalue weighted by molar-refractivity contribution is 5.77. The van der Waals surface area contributed by atoms with Crippen LogP contribution in [0.3, 0.4) is 0 Å². The second-order valence-corrected chi connectivity index (χ2v) is 4.28. The Labute approximate surface area is 105 Å². The van der Waals surface area contributed by atoms with E-state index in [1.807, 2.05) is 6.07 Å². The van der Waals surface area contributed by atoms with Gasteiger partial charge in [-0.2, -0.15) is 5.26 Å². The van der Waals surface area contributed by atoms with E-state index in [1.54, 1.807) is 30.1 Å². The molecule has 94 valence electrons. The van der Waals surface area contributed by atoms with Crippen LogP contribution in [0.5, 0.6) is 0 Å². The average Bonchev–Trinajstić information content (AvgIpc) is 2.65. The second-order valence-electron chi connectivity index (χ2n) is 4.28. The zero-order valence-corrected chi connectivity index (χ0v) is 10.1. The molecule has 1 saturated heterocycles. The van der Waals surface area contributed by atoms with Crippen molar-refractivity contribution in [1.82, 2.24) is 9.80 Å². The van der Waals surface area contributed by atoms with Crippen LogP contribution in [0.1, 0.15) is 18.0 Å². The normalized spacial score (nSPS) is 19.2. The Morgan fingerprint density at radius 1 is 1.50 bits per heavy atom. The summed E-state index contributed by atoms with van der Waals surface area (Å²) in [6, 6.07) is 8.05. The molecular formula is C13H14FN3O. The highest BCUT2D eigenvalue weighted by Crippen LogP contribution is 2.29. The number of nitriles is 1. The molecule has 0 saturated carbocycles. The summed E-state index contributed by atoms with van der Waals surface area (Å²) in [6.07, 6.45) is 0.295. The van der Waals surface area contributed by atoms with Crippen LogP contribution >= 0.6 is 0 Å². The minimum Gasteiger partial charge on any atom is -0.321 e. The van der Waals surface area contributed by atoms with Crippen LogP contribution in [0.25, 0.3) is 0 Å². The molecule has 18 heavy (non-hydrogen) atoms. The first-order chi connectivity index (χ1) is 8.65. The van der Waals surface area contributed by atoms with Crippen LogP contribution in [-0.4, -0.2) is 36.0 Å². The molecule has 1 unspecified atom stereocenters. The summed E-state index contributed by atoms with van der Waals surface area (Å²) in [5.41, 5.74) is 0.521. The maximum Gasteiger partial charge on any atom is 0.320 e. The number of carbonyl (C=O) groups excluding carboxylic acids is 1. The number of amides is 2. The fourth-order valence-electron chi connectivity index (χ4n) is 2.19. The molecule has 4 nitrogen and oxygen atoms in total. The number of carbonyl (C=O) groups is 1. The number of hydrogen-bond acceptors (Lipinski definition) is 2. The average molecular weight is 247 g/mol. The lowest BCUT2D eigenvalue weighted by atomic mass is 10.1. The van der Waals surface area contributed by atoms with Crippen LogP contribution in [-0.2, 0) is 0 Å². The summed E-state index contributed by atoms with van der Waals surface area (Å²) >= 11 is 0. The van der Waals surface area contributed by atoms with E-state index >= 15 is 0 Å². The molecule has 0 N–H and O–H groups in total. The Balaban J connectivity index is 2.19. The molecule has 0 spiro atoms. The third-order valence-electron chi connectivity index (χ3n) is 3.19. The molecule has 0 bridgehead atoms. The van der Waals surface area contributed by atoms with Crippen LogP contribution in [0.4, 0.5) is 9.18 Å². The molecule has 2 amide bonds. The summed E-state index contributed by atoms with van der Waals surface area (Å²) in [7, 11) is 1.66. The van der Waals surface area contributed by atoms with Crippen molar-refractivity contribution in [3.8, 4) is 6.07 Å². The van der Waals surface area contributed by atoms with Gasteiger partial charge in [-0.05, 0) is 6.07 Å². The molecule has 0 aromatic heterocycles. The van der Waals surface area contributed by atoms with Gasteiger partial charge in [0.15, 0.2) is 0 Å². The molecule has 0 radical (unpaired) electrons. The maximum atomic E-state index is 13.7. The summed E-state index contributed by atoms with van der Waals surface area (Å²) in [5, 5.41) is 8.54. The van der Waals surface area contributed by atoms with Crippen molar-refractivity contribution in [2.24, 2.45) is 0 Å². The topological polar surface area (TPSA) is 47.3 Å². The van der Waals surface area contributed by atoms with E-state index in [0.29, 0.717) is 25.1 Å². The van der Waals surface area contributed by atoms with Crippen LogP contribution < -0.4 is 0 Å². The van der Waals surface area contributed by atoms with Crippen LogP contribution in [0.15, 0.2) is 24.3 Å². The van der Waals surface area contributed by atoms with Gasteiger partial charge in [0.2, 0.25) is 0 Å². The van der Waals surface area contributed by atoms with E-state index in [0.717, 1.165) is 0 Å². The van der Waals surface area contributed by atoms with Gasteiger partial charge in [-0.3, -0.25) is 0 Å². The molecule has 1 aromatic carbocycles. The van der Waals surface area contributed by atoms with E-state index in [4.69, 9.17) is 5.26 Å². The van der Waals surface area contributed by atoms with Crippen molar-refractivity contribution in [3.05, 3.63) is 35.6 Å². The number of halogens is 1. The molecule has 1 heterocycles. The van der Waals surface area contributed by atoms with E-state index in [-0.39, 0.29) is 17.9 Å². The first kappa shape index (κ1) is 12.4. The number of benzene rings is 1. The van der Waals surface area contributed by atoms with Gasteiger partial charge in [0.1, 0.15) is 5.82 Å². The Bertz CT molecular complexity index is 497. The van der Waals surface area contributed by atoms with Crippen molar-refractivity contribution in [2.75, 3.05) is 20.1 Å². The molecule has 2 rings (SSSR count).